The zero-order valence-corrected chi connectivity index (χ0v) is 13.6. The van der Waals surface area contributed by atoms with E-state index in [1.54, 1.807) is 17.7 Å². The van der Waals surface area contributed by atoms with E-state index in [0.29, 0.717) is 6.54 Å². The van der Waals surface area contributed by atoms with Crippen molar-refractivity contribution in [2.24, 2.45) is 0 Å². The van der Waals surface area contributed by atoms with Gasteiger partial charge in [-0.15, -0.1) is 11.3 Å². The van der Waals surface area contributed by atoms with E-state index in [-0.39, 0.29) is 18.1 Å². The molecule has 2 heterocycles. The molecule has 2 N–H and O–H groups in total. The van der Waals surface area contributed by atoms with E-state index >= 15 is 0 Å². The SMILES string of the molecule is COCC(=O)NCC1(Nc2ncnc3sc(C)cc23)CCC1. The maximum Gasteiger partial charge on any atom is 0.246 e. The molecule has 0 saturated heterocycles. The number of fused-ring (bicyclic) bond motifs is 1. The lowest BCUT2D eigenvalue weighted by molar-refractivity contribution is -0.125. The molecular formula is C15H20N4O2S. The Labute approximate surface area is 133 Å². The van der Waals surface area contributed by atoms with Crippen molar-refractivity contribution in [2.75, 3.05) is 25.6 Å². The Kier molecular flexibility index (Phi) is 4.26. The fourth-order valence-electron chi connectivity index (χ4n) is 2.73. The van der Waals surface area contributed by atoms with Gasteiger partial charge in [-0.25, -0.2) is 9.97 Å². The van der Waals surface area contributed by atoms with Crippen LogP contribution in [0.15, 0.2) is 12.4 Å². The molecule has 1 saturated carbocycles. The van der Waals surface area contributed by atoms with Gasteiger partial charge in [0, 0.05) is 18.5 Å². The molecule has 0 aromatic carbocycles. The number of rotatable bonds is 6. The molecule has 0 bridgehead atoms. The van der Waals surface area contributed by atoms with Gasteiger partial charge in [-0.05, 0) is 32.3 Å². The van der Waals surface area contributed by atoms with Crippen molar-refractivity contribution in [1.82, 2.24) is 15.3 Å². The molecule has 1 aliphatic rings. The fourth-order valence-corrected chi connectivity index (χ4v) is 3.57. The van der Waals surface area contributed by atoms with Crippen LogP contribution in [0.2, 0.25) is 0 Å². The Morgan fingerprint density at radius 1 is 1.45 bits per heavy atom. The highest BCUT2D eigenvalue weighted by molar-refractivity contribution is 7.18. The number of methoxy groups -OCH3 is 1. The molecule has 6 nitrogen and oxygen atoms in total. The van der Waals surface area contributed by atoms with Crippen molar-refractivity contribution in [1.29, 1.82) is 0 Å². The maximum atomic E-state index is 11.6. The van der Waals surface area contributed by atoms with Crippen molar-refractivity contribution < 1.29 is 9.53 Å². The van der Waals surface area contributed by atoms with Crippen molar-refractivity contribution >= 4 is 33.3 Å². The number of nitrogens with one attached hydrogen (secondary N) is 2. The van der Waals surface area contributed by atoms with Crippen molar-refractivity contribution in [3.05, 3.63) is 17.3 Å². The summed E-state index contributed by atoms with van der Waals surface area (Å²) >= 11 is 1.67. The minimum Gasteiger partial charge on any atom is -0.375 e. The lowest BCUT2D eigenvalue weighted by atomic mass is 9.76. The van der Waals surface area contributed by atoms with Gasteiger partial charge in [0.2, 0.25) is 5.91 Å². The average Bonchev–Trinajstić information content (AvgIpc) is 2.83. The number of amides is 1. The monoisotopic (exact) mass is 320 g/mol. The molecule has 0 radical (unpaired) electrons. The van der Waals surface area contributed by atoms with Gasteiger partial charge in [0.05, 0.1) is 10.9 Å². The number of thiophene rings is 1. The summed E-state index contributed by atoms with van der Waals surface area (Å²) < 4.78 is 4.85. The van der Waals surface area contributed by atoms with Gasteiger partial charge in [0.1, 0.15) is 23.6 Å². The Morgan fingerprint density at radius 2 is 2.27 bits per heavy atom. The quantitative estimate of drug-likeness (QED) is 0.852. The Balaban J connectivity index is 1.75. The molecule has 1 aliphatic carbocycles. The number of carbonyl (C=O) groups excluding carboxylic acids is 1. The smallest absolute Gasteiger partial charge is 0.246 e. The number of ether oxygens (including phenoxy) is 1. The van der Waals surface area contributed by atoms with E-state index in [1.807, 2.05) is 0 Å². The summed E-state index contributed by atoms with van der Waals surface area (Å²) in [4.78, 5) is 22.5. The van der Waals surface area contributed by atoms with Gasteiger partial charge < -0.3 is 15.4 Å². The first-order valence-electron chi connectivity index (χ1n) is 7.37. The van der Waals surface area contributed by atoms with Crippen LogP contribution in [0.3, 0.4) is 0 Å². The molecular weight excluding hydrogens is 300 g/mol. The molecule has 3 rings (SSSR count). The van der Waals surface area contributed by atoms with Crippen LogP contribution in [-0.4, -0.2) is 41.7 Å². The third kappa shape index (κ3) is 3.05. The largest absolute Gasteiger partial charge is 0.375 e. The lowest BCUT2D eigenvalue weighted by Crippen LogP contribution is -2.54. The summed E-state index contributed by atoms with van der Waals surface area (Å²) in [6, 6.07) is 2.11. The summed E-state index contributed by atoms with van der Waals surface area (Å²) in [6.45, 7) is 2.75. The van der Waals surface area contributed by atoms with E-state index in [9.17, 15) is 4.79 Å². The summed E-state index contributed by atoms with van der Waals surface area (Å²) in [6.07, 6.45) is 4.80. The van der Waals surface area contributed by atoms with E-state index in [0.717, 1.165) is 35.3 Å². The van der Waals surface area contributed by atoms with E-state index in [4.69, 9.17) is 4.74 Å². The maximum absolute atomic E-state index is 11.6. The number of carbonyl (C=O) groups is 1. The van der Waals surface area contributed by atoms with Crippen LogP contribution in [0.1, 0.15) is 24.1 Å². The highest BCUT2D eigenvalue weighted by atomic mass is 32.1. The standard InChI is InChI=1S/C15H20N4O2S/c1-10-6-11-13(17-9-18-14(11)22-10)19-15(4-3-5-15)8-16-12(20)7-21-2/h6,9H,3-5,7-8H2,1-2H3,(H,16,20)(H,17,18,19). The molecule has 0 aliphatic heterocycles. The number of aryl methyl sites for hydroxylation is 1. The molecule has 0 atom stereocenters. The summed E-state index contributed by atoms with van der Waals surface area (Å²) in [5, 5.41) is 7.53. The first-order chi connectivity index (χ1) is 10.6. The second-order valence-corrected chi connectivity index (χ2v) is 7.00. The zero-order valence-electron chi connectivity index (χ0n) is 12.8. The number of aromatic nitrogens is 2. The molecule has 118 valence electrons. The first kappa shape index (κ1) is 15.2. The lowest BCUT2D eigenvalue weighted by Gasteiger charge is -2.43. The third-order valence-corrected chi connectivity index (χ3v) is 5.00. The second kappa shape index (κ2) is 6.18. The Hall–Kier alpha value is -1.73. The van der Waals surface area contributed by atoms with Crippen LogP contribution in [0.25, 0.3) is 10.2 Å². The Bertz CT molecular complexity index is 681. The first-order valence-corrected chi connectivity index (χ1v) is 8.18. The molecule has 2 aromatic heterocycles. The van der Waals surface area contributed by atoms with Crippen molar-refractivity contribution in [2.45, 2.75) is 31.7 Å². The number of hydrogen-bond acceptors (Lipinski definition) is 6. The second-order valence-electron chi connectivity index (χ2n) is 5.77. The topological polar surface area (TPSA) is 76.1 Å². The summed E-state index contributed by atoms with van der Waals surface area (Å²) in [5.74, 6) is 0.768. The van der Waals surface area contributed by atoms with E-state index in [2.05, 4.69) is 33.6 Å². The minimum absolute atomic E-state index is 0.0882. The summed E-state index contributed by atoms with van der Waals surface area (Å²) in [7, 11) is 1.52. The van der Waals surface area contributed by atoms with Gasteiger partial charge in [-0.2, -0.15) is 0 Å². The number of hydrogen-bond donors (Lipinski definition) is 2. The number of anilines is 1. The van der Waals surface area contributed by atoms with Crippen LogP contribution < -0.4 is 10.6 Å². The van der Waals surface area contributed by atoms with Gasteiger partial charge in [0.15, 0.2) is 0 Å². The predicted molar refractivity (Wildman–Crippen MR) is 87.2 cm³/mol. The van der Waals surface area contributed by atoms with Crippen LogP contribution in [0.5, 0.6) is 0 Å². The van der Waals surface area contributed by atoms with Crippen molar-refractivity contribution in [3.63, 3.8) is 0 Å². The minimum atomic E-state index is -0.111. The van der Waals surface area contributed by atoms with Crippen LogP contribution in [-0.2, 0) is 9.53 Å². The molecule has 0 unspecified atom stereocenters. The zero-order chi connectivity index (χ0) is 15.6. The van der Waals surface area contributed by atoms with Gasteiger partial charge >= 0.3 is 0 Å². The molecule has 1 amide bonds. The normalized spacial score (nSPS) is 16.3. The van der Waals surface area contributed by atoms with Gasteiger partial charge in [-0.1, -0.05) is 0 Å². The van der Waals surface area contributed by atoms with Gasteiger partial charge in [-0.3, -0.25) is 4.79 Å². The number of nitrogens with zero attached hydrogens (tertiary/aromatic N) is 2. The van der Waals surface area contributed by atoms with Gasteiger partial charge in [0.25, 0.3) is 0 Å². The van der Waals surface area contributed by atoms with Crippen LogP contribution in [0.4, 0.5) is 5.82 Å². The summed E-state index contributed by atoms with van der Waals surface area (Å²) in [5.41, 5.74) is -0.111. The van der Waals surface area contributed by atoms with Crippen molar-refractivity contribution in [3.8, 4) is 0 Å². The highest BCUT2D eigenvalue weighted by Crippen LogP contribution is 2.37. The van der Waals surface area contributed by atoms with Crippen LogP contribution in [0, 0.1) is 6.92 Å². The Morgan fingerprint density at radius 3 is 2.95 bits per heavy atom. The fraction of sp³-hybridized carbons (Fsp3) is 0.533. The molecule has 0 spiro atoms. The van der Waals surface area contributed by atoms with Crippen LogP contribution >= 0.6 is 11.3 Å². The highest BCUT2D eigenvalue weighted by Gasteiger charge is 2.37. The molecule has 2 aromatic rings. The molecule has 1 fully saturated rings. The predicted octanol–water partition coefficient (Wildman–Crippen LogP) is 2.10. The third-order valence-electron chi connectivity index (χ3n) is 4.05. The van der Waals surface area contributed by atoms with E-state index in [1.165, 1.54) is 12.0 Å². The average molecular weight is 320 g/mol. The molecule has 22 heavy (non-hydrogen) atoms. The molecule has 7 heteroatoms. The van der Waals surface area contributed by atoms with E-state index < -0.39 is 0 Å².